The second-order valence-electron chi connectivity index (χ2n) is 7.19. The van der Waals surface area contributed by atoms with Gasteiger partial charge in [-0.2, -0.15) is 0 Å². The van der Waals surface area contributed by atoms with Crippen LogP contribution >= 0.6 is 0 Å². The van der Waals surface area contributed by atoms with Crippen LogP contribution in [0.2, 0.25) is 0 Å². The first-order valence-electron chi connectivity index (χ1n) is 9.96. The highest BCUT2D eigenvalue weighted by molar-refractivity contribution is 5.88. The highest BCUT2D eigenvalue weighted by atomic mass is 19.1. The predicted molar refractivity (Wildman–Crippen MR) is 120 cm³/mol. The van der Waals surface area contributed by atoms with Gasteiger partial charge in [0.1, 0.15) is 18.1 Å². The fraction of sp³-hybridized carbons (Fsp3) is 0.115. The van der Waals surface area contributed by atoms with Gasteiger partial charge >= 0.3 is 5.97 Å². The Bertz CT molecular complexity index is 1270. The Balaban J connectivity index is 1.47. The SMILES string of the molecule is COc1ccc2cc(-c3cccc(COc4ccc(OCC(=O)O)c(F)c4)c3)ccc2c1. The Morgan fingerprint density at radius 1 is 0.844 bits per heavy atom. The van der Waals surface area contributed by atoms with Crippen LogP contribution in [-0.2, 0) is 11.4 Å². The molecule has 32 heavy (non-hydrogen) atoms. The van der Waals surface area contributed by atoms with E-state index in [4.69, 9.17) is 19.3 Å². The Morgan fingerprint density at radius 2 is 1.59 bits per heavy atom. The molecule has 0 heterocycles. The average molecular weight is 432 g/mol. The van der Waals surface area contributed by atoms with Gasteiger partial charge in [0.05, 0.1) is 7.11 Å². The van der Waals surface area contributed by atoms with Gasteiger partial charge in [0.2, 0.25) is 0 Å². The molecule has 0 radical (unpaired) electrons. The van der Waals surface area contributed by atoms with Crippen LogP contribution in [0.4, 0.5) is 4.39 Å². The van der Waals surface area contributed by atoms with Crippen LogP contribution in [0, 0.1) is 5.82 Å². The van der Waals surface area contributed by atoms with Gasteiger partial charge in [-0.25, -0.2) is 9.18 Å². The summed E-state index contributed by atoms with van der Waals surface area (Å²) in [6, 6.07) is 24.3. The monoisotopic (exact) mass is 432 g/mol. The number of ether oxygens (including phenoxy) is 3. The number of hydrogen-bond acceptors (Lipinski definition) is 4. The lowest BCUT2D eigenvalue weighted by Crippen LogP contribution is -2.10. The van der Waals surface area contributed by atoms with Crippen molar-refractivity contribution in [3.05, 3.63) is 90.2 Å². The quantitative estimate of drug-likeness (QED) is 0.387. The van der Waals surface area contributed by atoms with Crippen LogP contribution in [-0.4, -0.2) is 24.8 Å². The molecule has 0 bridgehead atoms. The fourth-order valence-corrected chi connectivity index (χ4v) is 3.37. The van der Waals surface area contributed by atoms with Crippen LogP contribution in [0.1, 0.15) is 5.56 Å². The highest BCUT2D eigenvalue weighted by Crippen LogP contribution is 2.28. The maximum atomic E-state index is 14.1. The lowest BCUT2D eigenvalue weighted by Gasteiger charge is -2.11. The highest BCUT2D eigenvalue weighted by Gasteiger charge is 2.08. The van der Waals surface area contributed by atoms with Crippen molar-refractivity contribution in [1.29, 1.82) is 0 Å². The lowest BCUT2D eigenvalue weighted by atomic mass is 10.00. The molecule has 0 aliphatic carbocycles. The third-order valence-corrected chi connectivity index (χ3v) is 4.97. The van der Waals surface area contributed by atoms with Crippen molar-refractivity contribution in [3.8, 4) is 28.4 Å². The van der Waals surface area contributed by atoms with E-state index in [9.17, 15) is 9.18 Å². The van der Waals surface area contributed by atoms with E-state index in [0.717, 1.165) is 33.2 Å². The number of methoxy groups -OCH3 is 1. The Hall–Kier alpha value is -4.06. The summed E-state index contributed by atoms with van der Waals surface area (Å²) in [6.07, 6.45) is 0. The van der Waals surface area contributed by atoms with E-state index >= 15 is 0 Å². The summed E-state index contributed by atoms with van der Waals surface area (Å²) in [5.41, 5.74) is 3.06. The molecule has 4 rings (SSSR count). The van der Waals surface area contributed by atoms with Gasteiger partial charge in [-0.15, -0.1) is 0 Å². The summed E-state index contributed by atoms with van der Waals surface area (Å²) in [6.45, 7) is -0.348. The second-order valence-corrected chi connectivity index (χ2v) is 7.19. The number of aliphatic carboxylic acids is 1. The zero-order chi connectivity index (χ0) is 22.5. The molecule has 0 saturated carbocycles. The molecule has 0 fully saturated rings. The summed E-state index contributed by atoms with van der Waals surface area (Å²) in [7, 11) is 1.65. The molecule has 0 aliphatic heterocycles. The Labute approximate surface area is 184 Å². The largest absolute Gasteiger partial charge is 0.497 e. The molecule has 1 N–H and O–H groups in total. The molecule has 162 valence electrons. The Morgan fingerprint density at radius 3 is 2.38 bits per heavy atom. The molecule has 5 nitrogen and oxygen atoms in total. The molecule has 0 saturated heterocycles. The van der Waals surface area contributed by atoms with E-state index in [1.807, 2.05) is 42.5 Å². The number of carbonyl (C=O) groups is 1. The van der Waals surface area contributed by atoms with Crippen molar-refractivity contribution < 1.29 is 28.5 Å². The maximum Gasteiger partial charge on any atom is 0.341 e. The van der Waals surface area contributed by atoms with Crippen molar-refractivity contribution >= 4 is 16.7 Å². The standard InChI is InChI=1S/C26H21FO5/c1-30-22-8-7-20-12-19(5-6-21(20)13-22)18-4-2-3-17(11-18)15-31-23-9-10-25(24(27)14-23)32-16-26(28)29/h2-14H,15-16H2,1H3,(H,28,29). The van der Waals surface area contributed by atoms with E-state index in [0.29, 0.717) is 5.75 Å². The molecule has 6 heteroatoms. The average Bonchev–Trinajstić information content (AvgIpc) is 2.81. The number of benzene rings is 4. The first-order valence-corrected chi connectivity index (χ1v) is 9.96. The molecule has 0 amide bonds. The van der Waals surface area contributed by atoms with Gasteiger partial charge in [0.15, 0.2) is 18.2 Å². The van der Waals surface area contributed by atoms with Gasteiger partial charge in [0, 0.05) is 6.07 Å². The number of fused-ring (bicyclic) bond motifs is 1. The molecule has 0 aromatic heterocycles. The minimum Gasteiger partial charge on any atom is -0.497 e. The van der Waals surface area contributed by atoms with Crippen molar-refractivity contribution in [2.45, 2.75) is 6.61 Å². The first kappa shape index (κ1) is 21.2. The summed E-state index contributed by atoms with van der Waals surface area (Å²) in [5.74, 6) is -0.825. The topological polar surface area (TPSA) is 65.0 Å². The minimum atomic E-state index is -1.17. The Kier molecular flexibility index (Phi) is 6.22. The first-order chi connectivity index (χ1) is 15.5. The lowest BCUT2D eigenvalue weighted by molar-refractivity contribution is -0.139. The van der Waals surface area contributed by atoms with Gasteiger partial charge in [-0.05, 0) is 63.9 Å². The normalized spacial score (nSPS) is 10.7. The van der Waals surface area contributed by atoms with E-state index in [-0.39, 0.29) is 12.4 Å². The third-order valence-electron chi connectivity index (χ3n) is 4.97. The van der Waals surface area contributed by atoms with Crippen molar-refractivity contribution in [3.63, 3.8) is 0 Å². The fourth-order valence-electron chi connectivity index (χ4n) is 3.37. The number of rotatable bonds is 8. The molecular weight excluding hydrogens is 411 g/mol. The van der Waals surface area contributed by atoms with Gasteiger partial charge in [0.25, 0.3) is 0 Å². The van der Waals surface area contributed by atoms with E-state index in [2.05, 4.69) is 18.2 Å². The molecule has 4 aromatic carbocycles. The molecule has 0 spiro atoms. The maximum absolute atomic E-state index is 14.1. The zero-order valence-corrected chi connectivity index (χ0v) is 17.4. The van der Waals surface area contributed by atoms with E-state index in [1.165, 1.54) is 12.1 Å². The van der Waals surface area contributed by atoms with Gasteiger partial charge in [-0.1, -0.05) is 36.4 Å². The number of carboxylic acid groups (broad SMARTS) is 1. The number of carboxylic acids is 1. The third kappa shape index (κ3) is 4.98. The summed E-state index contributed by atoms with van der Waals surface area (Å²) < 4.78 is 30.0. The van der Waals surface area contributed by atoms with Crippen LogP contribution in [0.5, 0.6) is 17.2 Å². The van der Waals surface area contributed by atoms with E-state index in [1.54, 1.807) is 13.2 Å². The van der Waals surface area contributed by atoms with Crippen LogP contribution in [0.3, 0.4) is 0 Å². The van der Waals surface area contributed by atoms with Crippen molar-refractivity contribution in [2.24, 2.45) is 0 Å². The summed E-state index contributed by atoms with van der Waals surface area (Å²) in [5, 5.41) is 10.9. The number of halogens is 1. The van der Waals surface area contributed by atoms with Crippen LogP contribution in [0.15, 0.2) is 78.9 Å². The summed E-state index contributed by atoms with van der Waals surface area (Å²) in [4.78, 5) is 10.6. The summed E-state index contributed by atoms with van der Waals surface area (Å²) >= 11 is 0. The second kappa shape index (κ2) is 9.39. The molecule has 0 aliphatic rings. The predicted octanol–water partition coefficient (Wildman–Crippen LogP) is 5.70. The van der Waals surface area contributed by atoms with Crippen molar-refractivity contribution in [2.75, 3.05) is 13.7 Å². The van der Waals surface area contributed by atoms with Crippen LogP contribution in [0.25, 0.3) is 21.9 Å². The molecule has 0 unspecified atom stereocenters. The van der Waals surface area contributed by atoms with Crippen LogP contribution < -0.4 is 14.2 Å². The van der Waals surface area contributed by atoms with E-state index < -0.39 is 18.4 Å². The molecular formula is C26H21FO5. The minimum absolute atomic E-state index is 0.129. The zero-order valence-electron chi connectivity index (χ0n) is 17.4. The van der Waals surface area contributed by atoms with Crippen molar-refractivity contribution in [1.82, 2.24) is 0 Å². The van der Waals surface area contributed by atoms with Gasteiger partial charge < -0.3 is 19.3 Å². The molecule has 0 atom stereocenters. The van der Waals surface area contributed by atoms with Gasteiger partial charge in [-0.3, -0.25) is 0 Å². The number of hydrogen-bond donors (Lipinski definition) is 1. The molecule has 4 aromatic rings. The smallest absolute Gasteiger partial charge is 0.341 e.